The number of amides is 1. The number of aromatic nitrogens is 1. The summed E-state index contributed by atoms with van der Waals surface area (Å²) in [5.41, 5.74) is 1.93. The van der Waals surface area contributed by atoms with E-state index in [4.69, 9.17) is 10.4 Å². The number of benzene rings is 1. The zero-order valence-electron chi connectivity index (χ0n) is 9.52. The Morgan fingerprint density at radius 2 is 2.21 bits per heavy atom. The van der Waals surface area contributed by atoms with Gasteiger partial charge in [0.2, 0.25) is 0 Å². The SMILES string of the molecule is NNC(=O)c1cc(CSc2cc(F)ccc2F)on1. The van der Waals surface area contributed by atoms with Crippen molar-refractivity contribution in [2.24, 2.45) is 5.84 Å². The number of carbonyl (C=O) groups is 1. The van der Waals surface area contributed by atoms with Crippen LogP contribution in [0.25, 0.3) is 0 Å². The Bertz CT molecular complexity index is 603. The second-order valence-corrected chi connectivity index (χ2v) is 4.53. The number of nitrogens with one attached hydrogen (secondary N) is 1. The summed E-state index contributed by atoms with van der Waals surface area (Å²) in [6, 6.07) is 4.55. The molecule has 2 rings (SSSR count). The van der Waals surface area contributed by atoms with Gasteiger partial charge in [-0.25, -0.2) is 14.6 Å². The Morgan fingerprint density at radius 1 is 1.42 bits per heavy atom. The molecule has 5 nitrogen and oxygen atoms in total. The van der Waals surface area contributed by atoms with Crippen LogP contribution in [0, 0.1) is 11.6 Å². The summed E-state index contributed by atoms with van der Waals surface area (Å²) in [5, 5.41) is 3.49. The van der Waals surface area contributed by atoms with Crippen LogP contribution >= 0.6 is 11.8 Å². The average molecular weight is 285 g/mol. The first-order chi connectivity index (χ1) is 9.10. The molecule has 2 aromatic rings. The molecular weight excluding hydrogens is 276 g/mol. The van der Waals surface area contributed by atoms with Gasteiger partial charge in [-0.3, -0.25) is 10.2 Å². The van der Waals surface area contributed by atoms with E-state index in [2.05, 4.69) is 5.16 Å². The highest BCUT2D eigenvalue weighted by Crippen LogP contribution is 2.26. The van der Waals surface area contributed by atoms with Crippen molar-refractivity contribution >= 4 is 17.7 Å². The number of rotatable bonds is 4. The Labute approximate surface area is 111 Å². The van der Waals surface area contributed by atoms with Crippen molar-refractivity contribution in [3.05, 3.63) is 47.4 Å². The van der Waals surface area contributed by atoms with Crippen molar-refractivity contribution in [2.75, 3.05) is 0 Å². The molecule has 0 unspecified atom stereocenters. The average Bonchev–Trinajstić information content (AvgIpc) is 2.88. The standard InChI is InChI=1S/C11H9F2N3O2S/c12-6-1-2-8(13)10(3-6)19-5-7-4-9(16-18-7)11(17)15-14/h1-4H,5,14H2,(H,15,17). The van der Waals surface area contributed by atoms with Gasteiger partial charge in [-0.2, -0.15) is 0 Å². The number of halogens is 2. The van der Waals surface area contributed by atoms with E-state index in [-0.39, 0.29) is 16.3 Å². The van der Waals surface area contributed by atoms with E-state index in [1.807, 2.05) is 5.43 Å². The fourth-order valence-corrected chi connectivity index (χ4v) is 2.13. The fourth-order valence-electron chi connectivity index (χ4n) is 1.30. The third-order valence-electron chi connectivity index (χ3n) is 2.19. The van der Waals surface area contributed by atoms with Crippen LogP contribution in [0.1, 0.15) is 16.2 Å². The Hall–Kier alpha value is -1.93. The van der Waals surface area contributed by atoms with Gasteiger partial charge in [0.15, 0.2) is 5.69 Å². The Balaban J connectivity index is 2.04. The van der Waals surface area contributed by atoms with Gasteiger partial charge in [0, 0.05) is 11.0 Å². The predicted octanol–water partition coefficient (Wildman–Crippen LogP) is 1.85. The summed E-state index contributed by atoms with van der Waals surface area (Å²) >= 11 is 1.04. The quantitative estimate of drug-likeness (QED) is 0.388. The number of nitrogens with two attached hydrogens (primary N) is 1. The Kier molecular flexibility index (Phi) is 4.13. The summed E-state index contributed by atoms with van der Waals surface area (Å²) in [6.07, 6.45) is 0. The van der Waals surface area contributed by atoms with E-state index in [1.165, 1.54) is 6.07 Å². The minimum atomic E-state index is -0.586. The van der Waals surface area contributed by atoms with Gasteiger partial charge < -0.3 is 4.52 Å². The number of hydrogen-bond donors (Lipinski definition) is 2. The monoisotopic (exact) mass is 285 g/mol. The number of nitrogen functional groups attached to an aromatic ring is 1. The molecule has 1 heterocycles. The molecule has 8 heteroatoms. The molecule has 3 N–H and O–H groups in total. The molecule has 0 aliphatic rings. The maximum absolute atomic E-state index is 13.3. The van der Waals surface area contributed by atoms with Crippen molar-refractivity contribution in [3.8, 4) is 0 Å². The molecule has 0 radical (unpaired) electrons. The largest absolute Gasteiger partial charge is 0.360 e. The van der Waals surface area contributed by atoms with Gasteiger partial charge in [-0.1, -0.05) is 5.16 Å². The highest BCUT2D eigenvalue weighted by Gasteiger charge is 2.12. The van der Waals surface area contributed by atoms with Crippen LogP contribution in [-0.4, -0.2) is 11.1 Å². The first-order valence-corrected chi connectivity index (χ1v) is 6.13. The number of nitrogens with zero attached hydrogens (tertiary/aromatic N) is 1. The predicted molar refractivity (Wildman–Crippen MR) is 64.1 cm³/mol. The van der Waals surface area contributed by atoms with Crippen LogP contribution in [0.5, 0.6) is 0 Å². The zero-order chi connectivity index (χ0) is 13.8. The van der Waals surface area contributed by atoms with Gasteiger partial charge in [-0.05, 0) is 18.2 Å². The molecule has 100 valence electrons. The van der Waals surface area contributed by atoms with Crippen LogP contribution in [0.2, 0.25) is 0 Å². The molecular formula is C11H9F2N3O2S. The van der Waals surface area contributed by atoms with E-state index in [1.54, 1.807) is 0 Å². The lowest BCUT2D eigenvalue weighted by Crippen LogP contribution is -2.30. The van der Waals surface area contributed by atoms with Crippen LogP contribution in [0.3, 0.4) is 0 Å². The molecule has 0 aliphatic heterocycles. The minimum Gasteiger partial charge on any atom is -0.360 e. The molecule has 0 bridgehead atoms. The molecule has 1 amide bonds. The normalized spacial score (nSPS) is 10.5. The Morgan fingerprint density at radius 3 is 2.95 bits per heavy atom. The van der Waals surface area contributed by atoms with Crippen LogP contribution < -0.4 is 11.3 Å². The van der Waals surface area contributed by atoms with E-state index in [0.717, 1.165) is 30.0 Å². The lowest BCUT2D eigenvalue weighted by atomic mass is 10.3. The molecule has 1 aromatic heterocycles. The van der Waals surface area contributed by atoms with Crippen molar-refractivity contribution in [2.45, 2.75) is 10.6 Å². The van der Waals surface area contributed by atoms with Gasteiger partial charge >= 0.3 is 0 Å². The van der Waals surface area contributed by atoms with Crippen molar-refractivity contribution in [1.82, 2.24) is 10.6 Å². The van der Waals surface area contributed by atoms with E-state index >= 15 is 0 Å². The summed E-state index contributed by atoms with van der Waals surface area (Å²) in [6.45, 7) is 0. The zero-order valence-corrected chi connectivity index (χ0v) is 10.3. The smallest absolute Gasteiger partial charge is 0.287 e. The number of thioether (sulfide) groups is 1. The molecule has 0 saturated heterocycles. The first kappa shape index (κ1) is 13.5. The second kappa shape index (κ2) is 5.81. The lowest BCUT2D eigenvalue weighted by Gasteiger charge is -2.00. The lowest BCUT2D eigenvalue weighted by molar-refractivity contribution is 0.0944. The van der Waals surface area contributed by atoms with Crippen LogP contribution in [0.15, 0.2) is 33.7 Å². The topological polar surface area (TPSA) is 81.1 Å². The molecule has 0 aliphatic carbocycles. The van der Waals surface area contributed by atoms with Crippen molar-refractivity contribution in [3.63, 3.8) is 0 Å². The maximum Gasteiger partial charge on any atom is 0.287 e. The molecule has 0 saturated carbocycles. The van der Waals surface area contributed by atoms with Crippen LogP contribution in [0.4, 0.5) is 8.78 Å². The summed E-state index contributed by atoms with van der Waals surface area (Å²) in [7, 11) is 0. The number of carbonyl (C=O) groups excluding carboxylic acids is 1. The fraction of sp³-hybridized carbons (Fsp3) is 0.0909. The van der Waals surface area contributed by atoms with Crippen LogP contribution in [-0.2, 0) is 5.75 Å². The van der Waals surface area contributed by atoms with Gasteiger partial charge in [-0.15, -0.1) is 11.8 Å². The van der Waals surface area contributed by atoms with Gasteiger partial charge in [0.05, 0.1) is 5.75 Å². The minimum absolute atomic E-state index is 0.0258. The maximum atomic E-state index is 13.3. The molecule has 0 fully saturated rings. The van der Waals surface area contributed by atoms with Crippen molar-refractivity contribution < 1.29 is 18.1 Å². The molecule has 1 aromatic carbocycles. The van der Waals surface area contributed by atoms with E-state index < -0.39 is 17.5 Å². The van der Waals surface area contributed by atoms with Gasteiger partial charge in [0.1, 0.15) is 17.4 Å². The highest BCUT2D eigenvalue weighted by molar-refractivity contribution is 7.98. The van der Waals surface area contributed by atoms with E-state index in [0.29, 0.717) is 5.76 Å². The summed E-state index contributed by atoms with van der Waals surface area (Å²) in [5.74, 6) is 3.87. The second-order valence-electron chi connectivity index (χ2n) is 3.52. The van der Waals surface area contributed by atoms with Gasteiger partial charge in [0.25, 0.3) is 5.91 Å². The number of hydrogen-bond acceptors (Lipinski definition) is 5. The molecule has 0 atom stereocenters. The summed E-state index contributed by atoms with van der Waals surface area (Å²) < 4.78 is 31.2. The number of hydrazine groups is 1. The summed E-state index contributed by atoms with van der Waals surface area (Å²) in [4.78, 5) is 11.3. The molecule has 19 heavy (non-hydrogen) atoms. The molecule has 0 spiro atoms. The van der Waals surface area contributed by atoms with E-state index in [9.17, 15) is 13.6 Å². The first-order valence-electron chi connectivity index (χ1n) is 5.14. The van der Waals surface area contributed by atoms with Crippen molar-refractivity contribution in [1.29, 1.82) is 0 Å². The highest BCUT2D eigenvalue weighted by atomic mass is 32.2. The third kappa shape index (κ3) is 3.30. The third-order valence-corrected chi connectivity index (χ3v) is 3.24.